The maximum atomic E-state index is 11.2. The van der Waals surface area contributed by atoms with Crippen molar-refractivity contribution in [1.82, 2.24) is 0 Å². The minimum atomic E-state index is -1.67. The second-order valence-corrected chi connectivity index (χ2v) is 3.22. The molecule has 1 aliphatic rings. The largest absolute Gasteiger partial charge is 0.392 e. The van der Waals surface area contributed by atoms with Crippen molar-refractivity contribution in [1.29, 1.82) is 0 Å². The highest BCUT2D eigenvalue weighted by Crippen LogP contribution is 2.25. The Balaban J connectivity index is 3.14. The van der Waals surface area contributed by atoms with Crippen molar-refractivity contribution in [3.05, 3.63) is 33.9 Å². The van der Waals surface area contributed by atoms with Crippen molar-refractivity contribution in [3.63, 3.8) is 0 Å². The van der Waals surface area contributed by atoms with E-state index in [-0.39, 0.29) is 13.0 Å². The normalized spacial score (nSPS) is 25.7. The topological polar surface area (TPSA) is 80.4 Å². The molecule has 1 rings (SSSR count). The zero-order valence-corrected chi connectivity index (χ0v) is 7.77. The number of hydrogen-bond acceptors (Lipinski definition) is 4. The third-order valence-corrected chi connectivity index (χ3v) is 2.30. The van der Waals surface area contributed by atoms with Crippen LogP contribution in [-0.4, -0.2) is 28.0 Å². The predicted octanol–water partition coefficient (Wildman–Crippen LogP) is 0.469. The minimum absolute atomic E-state index is 0.0544. The van der Waals surface area contributed by atoms with Crippen molar-refractivity contribution in [3.8, 4) is 0 Å². The summed E-state index contributed by atoms with van der Waals surface area (Å²) in [6.07, 6.45) is 4.41. The Morgan fingerprint density at radius 2 is 2.43 bits per heavy atom. The van der Waals surface area contributed by atoms with Gasteiger partial charge in [-0.1, -0.05) is 12.2 Å². The molecule has 0 aliphatic heterocycles. The van der Waals surface area contributed by atoms with Gasteiger partial charge >= 0.3 is 5.54 Å². The van der Waals surface area contributed by atoms with E-state index in [9.17, 15) is 14.9 Å². The Bertz CT molecular complexity index is 316. The Hall–Kier alpha value is -1.49. The number of carbonyl (C=O) groups is 1. The fourth-order valence-electron chi connectivity index (χ4n) is 1.40. The van der Waals surface area contributed by atoms with Crippen LogP contribution in [0.25, 0.3) is 0 Å². The van der Waals surface area contributed by atoms with E-state index in [2.05, 4.69) is 0 Å². The Morgan fingerprint density at radius 1 is 1.79 bits per heavy atom. The molecule has 1 unspecified atom stereocenters. The maximum Gasteiger partial charge on any atom is 0.301 e. The van der Waals surface area contributed by atoms with Crippen molar-refractivity contribution in [2.75, 3.05) is 6.61 Å². The molecule has 1 N–H and O–H groups in total. The number of Topliss-reactive ketones (excluding diaryl/α,β-unsaturated/α-hetero) is 1. The predicted molar refractivity (Wildman–Crippen MR) is 49.3 cm³/mol. The van der Waals surface area contributed by atoms with E-state index >= 15 is 0 Å². The van der Waals surface area contributed by atoms with Gasteiger partial charge in [-0.15, -0.1) is 0 Å². The van der Waals surface area contributed by atoms with E-state index in [1.807, 2.05) is 0 Å². The fraction of sp³-hybridized carbons (Fsp3) is 0.444. The van der Waals surface area contributed by atoms with E-state index in [0.717, 1.165) is 0 Å². The number of aliphatic hydroxyl groups is 1. The number of hydrogen-bond donors (Lipinski definition) is 1. The van der Waals surface area contributed by atoms with Gasteiger partial charge in [0.15, 0.2) is 0 Å². The molecular weight excluding hydrogens is 186 g/mol. The second kappa shape index (κ2) is 3.71. The summed E-state index contributed by atoms with van der Waals surface area (Å²) >= 11 is 0. The molecule has 0 aromatic carbocycles. The van der Waals surface area contributed by atoms with E-state index < -0.39 is 16.2 Å². The first kappa shape index (κ1) is 10.6. The lowest BCUT2D eigenvalue weighted by atomic mass is 9.85. The minimum Gasteiger partial charge on any atom is -0.392 e. The third kappa shape index (κ3) is 1.58. The van der Waals surface area contributed by atoms with Crippen LogP contribution >= 0.6 is 0 Å². The molecule has 0 aromatic rings. The molecule has 0 saturated heterocycles. The van der Waals surface area contributed by atoms with Gasteiger partial charge < -0.3 is 5.11 Å². The van der Waals surface area contributed by atoms with Crippen LogP contribution < -0.4 is 0 Å². The number of aliphatic hydroxyl groups excluding tert-OH is 1. The van der Waals surface area contributed by atoms with Crippen LogP contribution in [0.1, 0.15) is 13.3 Å². The van der Waals surface area contributed by atoms with Gasteiger partial charge in [0.25, 0.3) is 0 Å². The molecule has 0 aromatic heterocycles. The van der Waals surface area contributed by atoms with Crippen molar-refractivity contribution in [2.45, 2.75) is 18.9 Å². The van der Waals surface area contributed by atoms with Crippen molar-refractivity contribution < 1.29 is 14.8 Å². The van der Waals surface area contributed by atoms with E-state index in [1.54, 1.807) is 6.08 Å². The molecule has 0 fully saturated rings. The Kier molecular flexibility index (Phi) is 2.81. The van der Waals surface area contributed by atoms with E-state index in [4.69, 9.17) is 5.11 Å². The standard InChI is InChI=1S/C9H11NO4/c1-7(12)9(10(13)14)4-2-3-8(5-9)6-11/h2-3,5,11H,4,6H2,1H3. The van der Waals surface area contributed by atoms with Crippen LogP contribution in [0.4, 0.5) is 0 Å². The first-order chi connectivity index (χ1) is 6.53. The van der Waals surface area contributed by atoms with Crippen LogP contribution in [0.3, 0.4) is 0 Å². The molecule has 5 heteroatoms. The van der Waals surface area contributed by atoms with Gasteiger partial charge in [-0.2, -0.15) is 0 Å². The summed E-state index contributed by atoms with van der Waals surface area (Å²) < 4.78 is 0. The van der Waals surface area contributed by atoms with E-state index in [0.29, 0.717) is 5.57 Å². The zero-order chi connectivity index (χ0) is 10.8. The molecule has 0 radical (unpaired) electrons. The smallest absolute Gasteiger partial charge is 0.301 e. The van der Waals surface area contributed by atoms with Gasteiger partial charge in [-0.3, -0.25) is 14.9 Å². The molecule has 1 atom stereocenters. The van der Waals surface area contributed by atoms with Gasteiger partial charge in [0, 0.05) is 24.3 Å². The molecule has 0 heterocycles. The third-order valence-electron chi connectivity index (χ3n) is 2.30. The molecule has 76 valence electrons. The number of nitrogens with zero attached hydrogens (tertiary/aromatic N) is 1. The van der Waals surface area contributed by atoms with Crippen LogP contribution in [0, 0.1) is 10.1 Å². The molecule has 1 aliphatic carbocycles. The van der Waals surface area contributed by atoms with Crippen LogP contribution in [0.15, 0.2) is 23.8 Å². The quantitative estimate of drug-likeness (QED) is 0.526. The van der Waals surface area contributed by atoms with Gasteiger partial charge in [-0.25, -0.2) is 0 Å². The first-order valence-corrected chi connectivity index (χ1v) is 4.17. The summed E-state index contributed by atoms with van der Waals surface area (Å²) in [6.45, 7) is 0.896. The number of ketones is 1. The molecule has 0 saturated carbocycles. The Morgan fingerprint density at radius 3 is 2.86 bits per heavy atom. The number of carbonyl (C=O) groups excluding carboxylic acids is 1. The highest BCUT2D eigenvalue weighted by molar-refractivity contribution is 5.87. The summed E-state index contributed by atoms with van der Waals surface area (Å²) in [4.78, 5) is 21.4. The highest BCUT2D eigenvalue weighted by Gasteiger charge is 2.46. The maximum absolute atomic E-state index is 11.2. The molecular formula is C9H11NO4. The Labute approximate surface area is 80.9 Å². The van der Waals surface area contributed by atoms with Crippen LogP contribution in [-0.2, 0) is 4.79 Å². The fourth-order valence-corrected chi connectivity index (χ4v) is 1.40. The van der Waals surface area contributed by atoms with Crippen LogP contribution in [0.2, 0.25) is 0 Å². The van der Waals surface area contributed by atoms with Gasteiger partial charge in [-0.05, 0) is 5.57 Å². The summed E-state index contributed by atoms with van der Waals surface area (Å²) in [5.41, 5.74) is -1.27. The van der Waals surface area contributed by atoms with E-state index in [1.165, 1.54) is 19.1 Å². The lowest BCUT2D eigenvalue weighted by Gasteiger charge is -2.21. The monoisotopic (exact) mass is 197 g/mol. The lowest BCUT2D eigenvalue weighted by Crippen LogP contribution is -2.44. The zero-order valence-electron chi connectivity index (χ0n) is 7.77. The molecule has 0 bridgehead atoms. The van der Waals surface area contributed by atoms with Crippen molar-refractivity contribution in [2.24, 2.45) is 0 Å². The summed E-state index contributed by atoms with van der Waals surface area (Å²) in [5, 5.41) is 19.6. The number of nitro groups is 1. The van der Waals surface area contributed by atoms with Crippen LogP contribution in [0.5, 0.6) is 0 Å². The van der Waals surface area contributed by atoms with Gasteiger partial charge in [0.05, 0.1) is 6.61 Å². The molecule has 14 heavy (non-hydrogen) atoms. The average Bonchev–Trinajstić information content (AvgIpc) is 2.17. The molecule has 0 spiro atoms. The SMILES string of the molecule is CC(=O)C1([N+](=O)[O-])C=C(CO)C=CC1. The highest BCUT2D eigenvalue weighted by atomic mass is 16.6. The first-order valence-electron chi connectivity index (χ1n) is 4.17. The summed E-state index contributed by atoms with van der Waals surface area (Å²) in [5.74, 6) is -0.516. The summed E-state index contributed by atoms with van der Waals surface area (Å²) in [6, 6.07) is 0. The number of rotatable bonds is 3. The summed E-state index contributed by atoms with van der Waals surface area (Å²) in [7, 11) is 0. The molecule has 5 nitrogen and oxygen atoms in total. The molecule has 0 amide bonds. The van der Waals surface area contributed by atoms with Crippen molar-refractivity contribution >= 4 is 5.78 Å². The van der Waals surface area contributed by atoms with Gasteiger partial charge in [0.1, 0.15) is 0 Å². The second-order valence-electron chi connectivity index (χ2n) is 3.22. The van der Waals surface area contributed by atoms with Gasteiger partial charge in [0.2, 0.25) is 5.78 Å². The lowest BCUT2D eigenvalue weighted by molar-refractivity contribution is -0.537. The average molecular weight is 197 g/mol.